The molecule has 1 aliphatic heterocycles. The van der Waals surface area contributed by atoms with Crippen molar-refractivity contribution in [2.45, 2.75) is 19.0 Å². The molecular weight excluding hydrogens is 204 g/mol. The number of fused-ring (bicyclic) bond motifs is 1. The van der Waals surface area contributed by atoms with Crippen LogP contribution >= 0.6 is 0 Å². The smallest absolute Gasteiger partial charge is 0.404 e. The third-order valence-corrected chi connectivity index (χ3v) is 3.03. The van der Waals surface area contributed by atoms with Crippen LogP contribution in [0.2, 0.25) is 0 Å². The lowest BCUT2D eigenvalue weighted by Gasteiger charge is -2.33. The minimum absolute atomic E-state index is 0.224. The van der Waals surface area contributed by atoms with Gasteiger partial charge in [0.15, 0.2) is 0 Å². The van der Waals surface area contributed by atoms with E-state index in [1.165, 1.54) is 11.1 Å². The highest BCUT2D eigenvalue weighted by Crippen LogP contribution is 2.21. The van der Waals surface area contributed by atoms with Crippen molar-refractivity contribution in [3.05, 3.63) is 35.4 Å². The Hall–Kier alpha value is -1.55. The van der Waals surface area contributed by atoms with Crippen LogP contribution in [0.5, 0.6) is 0 Å². The molecule has 0 radical (unpaired) electrons. The molecule has 1 aromatic rings. The molecule has 16 heavy (non-hydrogen) atoms. The minimum Gasteiger partial charge on any atom is -0.448 e. The predicted molar refractivity (Wildman–Crippen MR) is 60.9 cm³/mol. The van der Waals surface area contributed by atoms with Gasteiger partial charge in [-0.25, -0.2) is 4.79 Å². The molecule has 1 atom stereocenters. The van der Waals surface area contributed by atoms with Gasteiger partial charge in [0.05, 0.1) is 0 Å². The van der Waals surface area contributed by atoms with Gasteiger partial charge < -0.3 is 10.5 Å². The molecule has 0 aromatic heterocycles. The van der Waals surface area contributed by atoms with Gasteiger partial charge in [0.25, 0.3) is 0 Å². The first-order chi connectivity index (χ1) is 7.66. The van der Waals surface area contributed by atoms with E-state index in [-0.39, 0.29) is 6.04 Å². The molecule has 0 fully saturated rings. The number of carbonyl (C=O) groups is 1. The van der Waals surface area contributed by atoms with Gasteiger partial charge in [0.1, 0.15) is 6.61 Å². The Morgan fingerprint density at radius 2 is 2.19 bits per heavy atom. The first-order valence-corrected chi connectivity index (χ1v) is 5.36. The molecule has 1 amide bonds. The van der Waals surface area contributed by atoms with Gasteiger partial charge in [-0.3, -0.25) is 4.90 Å². The molecule has 0 bridgehead atoms. The molecule has 2 rings (SSSR count). The number of benzene rings is 1. The zero-order valence-corrected chi connectivity index (χ0v) is 9.35. The van der Waals surface area contributed by atoms with Crippen molar-refractivity contribution in [2.75, 3.05) is 13.7 Å². The number of ether oxygens (including phenoxy) is 1. The number of likely N-dealkylation sites (N-methyl/N-ethyl adjacent to an activating group) is 1. The quantitative estimate of drug-likeness (QED) is 0.813. The van der Waals surface area contributed by atoms with Crippen LogP contribution in [0.1, 0.15) is 11.1 Å². The first-order valence-electron chi connectivity index (χ1n) is 5.36. The summed E-state index contributed by atoms with van der Waals surface area (Å²) >= 11 is 0. The molecule has 4 heteroatoms. The number of nitrogens with two attached hydrogens (primary N) is 1. The molecular formula is C12H16N2O2. The summed E-state index contributed by atoms with van der Waals surface area (Å²) in [5, 5.41) is 0. The van der Waals surface area contributed by atoms with Crippen molar-refractivity contribution in [3.8, 4) is 0 Å². The van der Waals surface area contributed by atoms with Crippen LogP contribution in [-0.2, 0) is 17.7 Å². The summed E-state index contributed by atoms with van der Waals surface area (Å²) in [6, 6.07) is 8.57. The highest BCUT2D eigenvalue weighted by molar-refractivity contribution is 5.64. The fourth-order valence-electron chi connectivity index (χ4n) is 2.08. The molecule has 0 aliphatic carbocycles. The lowest BCUT2D eigenvalue weighted by molar-refractivity contribution is 0.0990. The number of nitrogens with zero attached hydrogens (tertiary/aromatic N) is 1. The van der Waals surface area contributed by atoms with Gasteiger partial charge in [-0.05, 0) is 24.6 Å². The van der Waals surface area contributed by atoms with E-state index in [9.17, 15) is 4.79 Å². The van der Waals surface area contributed by atoms with Crippen LogP contribution in [0.4, 0.5) is 4.79 Å². The fraction of sp³-hybridized carbons (Fsp3) is 0.417. The van der Waals surface area contributed by atoms with Gasteiger partial charge in [0, 0.05) is 12.6 Å². The molecule has 0 saturated heterocycles. The molecule has 1 aliphatic rings. The number of carbonyl (C=O) groups excluding carboxylic acids is 1. The maximum Gasteiger partial charge on any atom is 0.404 e. The van der Waals surface area contributed by atoms with Crippen LogP contribution in [0, 0.1) is 0 Å². The van der Waals surface area contributed by atoms with Crippen molar-refractivity contribution in [3.63, 3.8) is 0 Å². The van der Waals surface area contributed by atoms with Crippen molar-refractivity contribution >= 4 is 6.09 Å². The zero-order valence-electron chi connectivity index (χ0n) is 9.35. The largest absolute Gasteiger partial charge is 0.448 e. The highest BCUT2D eigenvalue weighted by Gasteiger charge is 2.23. The van der Waals surface area contributed by atoms with Crippen molar-refractivity contribution in [1.82, 2.24) is 4.90 Å². The van der Waals surface area contributed by atoms with E-state index in [1.807, 2.05) is 19.2 Å². The normalized spacial score (nSPS) is 20.2. The van der Waals surface area contributed by atoms with Crippen LogP contribution in [-0.4, -0.2) is 30.7 Å². The average molecular weight is 220 g/mol. The topological polar surface area (TPSA) is 55.6 Å². The summed E-state index contributed by atoms with van der Waals surface area (Å²) in [6.45, 7) is 1.25. The SMILES string of the molecule is CN1Cc2ccccc2CC1COC(N)=O. The van der Waals surface area contributed by atoms with Crippen LogP contribution in [0.25, 0.3) is 0 Å². The van der Waals surface area contributed by atoms with E-state index in [0.29, 0.717) is 6.61 Å². The fourth-order valence-corrected chi connectivity index (χ4v) is 2.08. The maximum atomic E-state index is 10.6. The monoisotopic (exact) mass is 220 g/mol. The second kappa shape index (κ2) is 4.53. The van der Waals surface area contributed by atoms with E-state index < -0.39 is 6.09 Å². The second-order valence-electron chi connectivity index (χ2n) is 4.17. The lowest BCUT2D eigenvalue weighted by atomic mass is 9.95. The summed E-state index contributed by atoms with van der Waals surface area (Å²) in [7, 11) is 2.03. The van der Waals surface area contributed by atoms with Crippen molar-refractivity contribution in [1.29, 1.82) is 0 Å². The molecule has 0 saturated carbocycles. The first kappa shape index (κ1) is 11.0. The molecule has 86 valence electrons. The van der Waals surface area contributed by atoms with E-state index in [0.717, 1.165) is 13.0 Å². The van der Waals surface area contributed by atoms with Gasteiger partial charge in [-0.1, -0.05) is 24.3 Å². The van der Waals surface area contributed by atoms with Crippen LogP contribution in [0.15, 0.2) is 24.3 Å². The molecule has 0 spiro atoms. The minimum atomic E-state index is -0.702. The summed E-state index contributed by atoms with van der Waals surface area (Å²) in [5.74, 6) is 0. The molecule has 1 heterocycles. The highest BCUT2D eigenvalue weighted by atomic mass is 16.5. The summed E-state index contributed by atoms with van der Waals surface area (Å²) in [6.07, 6.45) is 0.201. The van der Waals surface area contributed by atoms with Crippen LogP contribution < -0.4 is 5.73 Å². The Bertz CT molecular complexity index is 392. The van der Waals surface area contributed by atoms with Gasteiger partial charge in [0.2, 0.25) is 0 Å². The van der Waals surface area contributed by atoms with Gasteiger partial charge in [-0.15, -0.1) is 0 Å². The van der Waals surface area contributed by atoms with Gasteiger partial charge in [-0.2, -0.15) is 0 Å². The standard InChI is InChI=1S/C12H16N2O2/c1-14-7-10-5-3-2-4-9(10)6-11(14)8-16-12(13)15/h2-5,11H,6-8H2,1H3,(H2,13,15). The Morgan fingerprint density at radius 3 is 2.88 bits per heavy atom. The Balaban J connectivity index is 2.06. The summed E-state index contributed by atoms with van der Waals surface area (Å²) in [4.78, 5) is 12.8. The van der Waals surface area contributed by atoms with Gasteiger partial charge >= 0.3 is 6.09 Å². The summed E-state index contributed by atoms with van der Waals surface area (Å²) in [5.41, 5.74) is 7.65. The molecule has 1 aromatic carbocycles. The Labute approximate surface area is 95.0 Å². The van der Waals surface area contributed by atoms with E-state index in [4.69, 9.17) is 10.5 Å². The number of amides is 1. The molecule has 2 N–H and O–H groups in total. The lowest BCUT2D eigenvalue weighted by Crippen LogP contribution is -2.41. The number of hydrogen-bond donors (Lipinski definition) is 1. The Kier molecular flexibility index (Phi) is 3.10. The number of hydrogen-bond acceptors (Lipinski definition) is 3. The predicted octanol–water partition coefficient (Wildman–Crippen LogP) is 1.14. The van der Waals surface area contributed by atoms with Crippen LogP contribution in [0.3, 0.4) is 0 Å². The van der Waals surface area contributed by atoms with E-state index >= 15 is 0 Å². The van der Waals surface area contributed by atoms with E-state index in [1.54, 1.807) is 0 Å². The molecule has 4 nitrogen and oxygen atoms in total. The number of primary amides is 1. The van der Waals surface area contributed by atoms with Crippen molar-refractivity contribution in [2.24, 2.45) is 5.73 Å². The summed E-state index contributed by atoms with van der Waals surface area (Å²) < 4.78 is 4.86. The third kappa shape index (κ3) is 2.33. The second-order valence-corrected chi connectivity index (χ2v) is 4.17. The van der Waals surface area contributed by atoms with Crippen molar-refractivity contribution < 1.29 is 9.53 Å². The zero-order chi connectivity index (χ0) is 11.5. The number of rotatable bonds is 2. The maximum absolute atomic E-state index is 10.6. The Morgan fingerprint density at radius 1 is 1.50 bits per heavy atom. The average Bonchev–Trinajstić information content (AvgIpc) is 2.26. The van der Waals surface area contributed by atoms with E-state index in [2.05, 4.69) is 17.0 Å². The molecule has 1 unspecified atom stereocenters. The third-order valence-electron chi connectivity index (χ3n) is 3.03.